The lowest BCUT2D eigenvalue weighted by molar-refractivity contribution is -0.142. The summed E-state index contributed by atoms with van der Waals surface area (Å²) in [7, 11) is 0. The number of ether oxygens (including phenoxy) is 2. The first kappa shape index (κ1) is 12.0. The van der Waals surface area contributed by atoms with Gasteiger partial charge in [-0.1, -0.05) is 0 Å². The van der Waals surface area contributed by atoms with Crippen LogP contribution < -0.4 is 0 Å². The van der Waals surface area contributed by atoms with Gasteiger partial charge in [-0.15, -0.1) is 10.2 Å². The molecule has 1 fully saturated rings. The van der Waals surface area contributed by atoms with Gasteiger partial charge in [-0.25, -0.2) is 4.79 Å². The third kappa shape index (κ3) is 3.50. The molecule has 1 N–H and O–H groups in total. The molecule has 0 radical (unpaired) electrons. The Balaban J connectivity index is 1.84. The molecule has 1 aromatic rings. The quantitative estimate of drug-likeness (QED) is 0.819. The van der Waals surface area contributed by atoms with Crippen molar-refractivity contribution in [1.82, 2.24) is 10.2 Å². The molecule has 7 nitrogen and oxygen atoms in total. The third-order valence-electron chi connectivity index (χ3n) is 2.39. The van der Waals surface area contributed by atoms with Crippen molar-refractivity contribution in [3.63, 3.8) is 0 Å². The van der Waals surface area contributed by atoms with Crippen LogP contribution in [0.25, 0.3) is 0 Å². The molecule has 1 unspecified atom stereocenters. The van der Waals surface area contributed by atoms with Crippen LogP contribution in [0.2, 0.25) is 0 Å². The molecule has 1 saturated heterocycles. The average Bonchev–Trinajstić information content (AvgIpc) is 2.78. The zero-order chi connectivity index (χ0) is 12.1. The first-order valence-electron chi connectivity index (χ1n) is 5.49. The van der Waals surface area contributed by atoms with Crippen molar-refractivity contribution in [2.75, 3.05) is 13.2 Å². The minimum absolute atomic E-state index is 0.00597. The third-order valence-corrected chi connectivity index (χ3v) is 2.39. The second-order valence-corrected chi connectivity index (χ2v) is 3.78. The summed E-state index contributed by atoms with van der Waals surface area (Å²) in [5.41, 5.74) is 0. The average molecular weight is 242 g/mol. The van der Waals surface area contributed by atoms with E-state index in [4.69, 9.17) is 19.0 Å². The van der Waals surface area contributed by atoms with Gasteiger partial charge >= 0.3 is 5.97 Å². The lowest BCUT2D eigenvalue weighted by Crippen LogP contribution is -2.11. The van der Waals surface area contributed by atoms with Gasteiger partial charge in [-0.2, -0.15) is 0 Å². The molecule has 0 aromatic carbocycles. The van der Waals surface area contributed by atoms with E-state index in [1.54, 1.807) is 0 Å². The Kier molecular flexibility index (Phi) is 4.05. The van der Waals surface area contributed by atoms with Gasteiger partial charge in [-0.05, 0) is 19.3 Å². The molecule has 0 saturated carbocycles. The summed E-state index contributed by atoms with van der Waals surface area (Å²) in [6.07, 6.45) is 2.87. The maximum absolute atomic E-state index is 10.2. The predicted molar refractivity (Wildman–Crippen MR) is 54.1 cm³/mol. The Morgan fingerprint density at radius 1 is 1.47 bits per heavy atom. The van der Waals surface area contributed by atoms with Crippen molar-refractivity contribution in [3.05, 3.63) is 11.8 Å². The number of nitrogens with zero attached hydrogens (tertiary/aromatic N) is 2. The van der Waals surface area contributed by atoms with E-state index in [9.17, 15) is 4.79 Å². The first-order chi connectivity index (χ1) is 8.25. The van der Waals surface area contributed by atoms with Crippen LogP contribution in [0.3, 0.4) is 0 Å². The van der Waals surface area contributed by atoms with Crippen LogP contribution in [0.4, 0.5) is 0 Å². The number of carbonyl (C=O) groups is 1. The lowest BCUT2D eigenvalue weighted by atomic mass is 10.1. The molecule has 2 rings (SSSR count). The zero-order valence-electron chi connectivity index (χ0n) is 9.29. The summed E-state index contributed by atoms with van der Waals surface area (Å²) in [5, 5.41) is 16.0. The number of carboxylic acids is 1. The van der Waals surface area contributed by atoms with Crippen molar-refractivity contribution >= 4 is 5.97 Å². The Bertz CT molecular complexity index is 373. The van der Waals surface area contributed by atoms with E-state index >= 15 is 0 Å². The Labute approximate surface area is 97.7 Å². The Morgan fingerprint density at radius 2 is 2.35 bits per heavy atom. The second-order valence-electron chi connectivity index (χ2n) is 3.78. The van der Waals surface area contributed by atoms with Crippen molar-refractivity contribution in [2.45, 2.75) is 32.0 Å². The van der Waals surface area contributed by atoms with Gasteiger partial charge in [-0.3, -0.25) is 0 Å². The van der Waals surface area contributed by atoms with E-state index < -0.39 is 5.97 Å². The summed E-state index contributed by atoms with van der Waals surface area (Å²) in [5.74, 6) is -0.311. The zero-order valence-corrected chi connectivity index (χ0v) is 9.29. The number of hydrogen-bond donors (Lipinski definition) is 1. The van der Waals surface area contributed by atoms with Gasteiger partial charge in [0.25, 0.3) is 0 Å². The fourth-order valence-corrected chi connectivity index (χ4v) is 1.62. The number of aliphatic carboxylic acids is 1. The first-order valence-corrected chi connectivity index (χ1v) is 5.49. The number of aromatic nitrogens is 2. The van der Waals surface area contributed by atoms with Gasteiger partial charge in [0.2, 0.25) is 11.8 Å². The van der Waals surface area contributed by atoms with E-state index in [0.717, 1.165) is 19.3 Å². The van der Waals surface area contributed by atoms with Crippen molar-refractivity contribution in [3.8, 4) is 0 Å². The normalized spacial score (nSPS) is 20.4. The summed E-state index contributed by atoms with van der Waals surface area (Å²) >= 11 is 0. The molecule has 94 valence electrons. The van der Waals surface area contributed by atoms with Gasteiger partial charge < -0.3 is 19.0 Å². The molecule has 0 bridgehead atoms. The van der Waals surface area contributed by atoms with Crippen LogP contribution in [0.5, 0.6) is 0 Å². The van der Waals surface area contributed by atoms with E-state index in [-0.39, 0.29) is 25.2 Å². The predicted octanol–water partition coefficient (Wildman–Crippen LogP) is 0.912. The summed E-state index contributed by atoms with van der Waals surface area (Å²) < 4.78 is 15.7. The second kappa shape index (κ2) is 5.74. The molecular formula is C10H14N2O5. The Morgan fingerprint density at radius 3 is 3.06 bits per heavy atom. The van der Waals surface area contributed by atoms with Crippen molar-refractivity contribution in [2.24, 2.45) is 0 Å². The monoisotopic (exact) mass is 242 g/mol. The maximum atomic E-state index is 10.2. The van der Waals surface area contributed by atoms with Gasteiger partial charge in [0, 0.05) is 6.61 Å². The molecule has 7 heteroatoms. The molecule has 17 heavy (non-hydrogen) atoms. The fraction of sp³-hybridized carbons (Fsp3) is 0.700. The van der Waals surface area contributed by atoms with Crippen LogP contribution in [-0.4, -0.2) is 34.5 Å². The summed E-state index contributed by atoms with van der Waals surface area (Å²) in [6.45, 7) is 0.335. The topological polar surface area (TPSA) is 94.7 Å². The maximum Gasteiger partial charge on any atom is 0.329 e. The van der Waals surface area contributed by atoms with E-state index in [1.807, 2.05) is 0 Å². The molecule has 1 atom stereocenters. The highest BCUT2D eigenvalue weighted by atomic mass is 16.5. The van der Waals surface area contributed by atoms with Crippen LogP contribution in [0.15, 0.2) is 4.42 Å². The van der Waals surface area contributed by atoms with Gasteiger partial charge in [0.05, 0.1) is 0 Å². The van der Waals surface area contributed by atoms with Crippen LogP contribution >= 0.6 is 0 Å². The smallest absolute Gasteiger partial charge is 0.329 e. The fourth-order valence-electron chi connectivity index (χ4n) is 1.62. The number of rotatable bonds is 5. The molecular weight excluding hydrogens is 228 g/mol. The lowest BCUT2D eigenvalue weighted by Gasteiger charge is -2.18. The molecule has 1 aliphatic rings. The standard InChI is InChI=1S/C10H14N2O5/c13-9(14)6-15-5-8-11-12-10(17-8)7-3-1-2-4-16-7/h7H,1-6H2,(H,13,14). The highest BCUT2D eigenvalue weighted by Crippen LogP contribution is 2.26. The van der Waals surface area contributed by atoms with Crippen molar-refractivity contribution < 1.29 is 23.8 Å². The van der Waals surface area contributed by atoms with Crippen LogP contribution in [-0.2, 0) is 20.9 Å². The van der Waals surface area contributed by atoms with E-state index in [1.165, 1.54) is 0 Å². The highest BCUT2D eigenvalue weighted by molar-refractivity contribution is 5.67. The number of carboxylic acid groups (broad SMARTS) is 1. The molecule has 1 aromatic heterocycles. The molecule has 1 aliphatic heterocycles. The molecule has 2 heterocycles. The molecule has 0 amide bonds. The van der Waals surface area contributed by atoms with Crippen molar-refractivity contribution in [1.29, 1.82) is 0 Å². The largest absolute Gasteiger partial charge is 0.480 e. The number of hydrogen-bond acceptors (Lipinski definition) is 6. The van der Waals surface area contributed by atoms with Crippen LogP contribution in [0, 0.1) is 0 Å². The molecule has 0 aliphatic carbocycles. The minimum atomic E-state index is -1.03. The summed E-state index contributed by atoms with van der Waals surface area (Å²) in [4.78, 5) is 10.2. The van der Waals surface area contributed by atoms with Crippen LogP contribution in [0.1, 0.15) is 37.1 Å². The highest BCUT2D eigenvalue weighted by Gasteiger charge is 2.22. The minimum Gasteiger partial charge on any atom is -0.480 e. The SMILES string of the molecule is O=C(O)COCc1nnc(C2CCCCO2)o1. The summed E-state index contributed by atoms with van der Waals surface area (Å²) in [6, 6.07) is 0. The van der Waals surface area contributed by atoms with E-state index in [0.29, 0.717) is 12.5 Å². The Hall–Kier alpha value is -1.47. The van der Waals surface area contributed by atoms with Gasteiger partial charge in [0.1, 0.15) is 19.3 Å². The van der Waals surface area contributed by atoms with Gasteiger partial charge in [0.15, 0.2) is 0 Å². The van der Waals surface area contributed by atoms with E-state index in [2.05, 4.69) is 10.2 Å². The molecule has 0 spiro atoms.